The molecule has 0 aromatic heterocycles. The van der Waals surface area contributed by atoms with E-state index in [0.29, 0.717) is 12.8 Å². The Balaban J connectivity index is 3.04. The summed E-state index contributed by atoms with van der Waals surface area (Å²) < 4.78 is 164. The van der Waals surface area contributed by atoms with E-state index < -0.39 is 58.3 Å². The van der Waals surface area contributed by atoms with E-state index in [2.05, 4.69) is 4.18 Å². The Hall–Kier alpha value is -0.860. The molecular formula is C10H9F11O3S. The monoisotopic (exact) mass is 418 g/mol. The van der Waals surface area contributed by atoms with Gasteiger partial charge in [0.25, 0.3) is 5.92 Å². The highest BCUT2D eigenvalue weighted by Gasteiger charge is 2.85. The lowest BCUT2D eigenvalue weighted by molar-refractivity contribution is -0.382. The maximum atomic E-state index is 13.2. The van der Waals surface area contributed by atoms with Gasteiger partial charge in [0.2, 0.25) is 0 Å². The zero-order valence-electron chi connectivity index (χ0n) is 11.7. The molecule has 15 heteroatoms. The van der Waals surface area contributed by atoms with E-state index in [-0.39, 0.29) is 0 Å². The number of rotatable bonds is 8. The van der Waals surface area contributed by atoms with E-state index in [1.54, 1.807) is 0 Å². The Kier molecular flexibility index (Phi) is 5.41. The van der Waals surface area contributed by atoms with Gasteiger partial charge in [0, 0.05) is 6.42 Å². The molecule has 1 aliphatic carbocycles. The van der Waals surface area contributed by atoms with Crippen LogP contribution < -0.4 is 0 Å². The van der Waals surface area contributed by atoms with Crippen molar-refractivity contribution >= 4 is 10.1 Å². The van der Waals surface area contributed by atoms with E-state index in [9.17, 15) is 56.7 Å². The van der Waals surface area contributed by atoms with Gasteiger partial charge in [-0.1, -0.05) is 0 Å². The fourth-order valence-corrected chi connectivity index (χ4v) is 2.48. The van der Waals surface area contributed by atoms with Crippen LogP contribution in [0.3, 0.4) is 0 Å². The summed E-state index contributed by atoms with van der Waals surface area (Å²) in [5, 5.41) is -7.13. The second kappa shape index (κ2) is 6.09. The summed E-state index contributed by atoms with van der Waals surface area (Å²) in [4.78, 5) is 0. The van der Waals surface area contributed by atoms with Crippen LogP contribution in [0.5, 0.6) is 0 Å². The second-order valence-corrected chi connectivity index (χ2v) is 7.04. The third kappa shape index (κ3) is 4.11. The Morgan fingerprint density at radius 3 is 1.60 bits per heavy atom. The van der Waals surface area contributed by atoms with Gasteiger partial charge in [-0.2, -0.15) is 47.9 Å². The van der Waals surface area contributed by atoms with Crippen molar-refractivity contribution in [2.45, 2.75) is 48.5 Å². The van der Waals surface area contributed by atoms with Crippen LogP contribution in [0, 0.1) is 5.92 Å². The molecule has 1 rings (SSSR count). The molecule has 0 heterocycles. The molecule has 0 atom stereocenters. The molecule has 0 aromatic rings. The first-order chi connectivity index (χ1) is 10.8. The molecule has 0 bridgehead atoms. The van der Waals surface area contributed by atoms with Crippen LogP contribution in [0.2, 0.25) is 0 Å². The zero-order valence-corrected chi connectivity index (χ0v) is 12.5. The molecule has 1 saturated carbocycles. The van der Waals surface area contributed by atoms with Crippen LogP contribution in [0.15, 0.2) is 0 Å². The predicted octanol–water partition coefficient (Wildman–Crippen LogP) is 4.19. The van der Waals surface area contributed by atoms with Gasteiger partial charge in [0.1, 0.15) is 6.61 Å². The van der Waals surface area contributed by atoms with Gasteiger partial charge in [0.05, 0.1) is 0 Å². The van der Waals surface area contributed by atoms with Gasteiger partial charge < -0.3 is 0 Å². The van der Waals surface area contributed by atoms with Gasteiger partial charge in [-0.05, 0) is 18.8 Å². The summed E-state index contributed by atoms with van der Waals surface area (Å²) in [6.07, 6.45) is -7.70. The summed E-state index contributed by atoms with van der Waals surface area (Å²) >= 11 is 0. The number of halogens is 11. The molecular weight excluding hydrogens is 409 g/mol. The summed E-state index contributed by atoms with van der Waals surface area (Å²) in [6, 6.07) is 0. The minimum atomic E-state index is -7.51. The molecule has 0 N–H and O–H groups in total. The highest BCUT2D eigenvalue weighted by Crippen LogP contribution is 2.55. The van der Waals surface area contributed by atoms with Gasteiger partial charge >= 0.3 is 33.4 Å². The molecule has 0 aliphatic heterocycles. The Labute approximate surface area is 133 Å². The topological polar surface area (TPSA) is 43.4 Å². The Morgan fingerprint density at radius 2 is 1.24 bits per heavy atom. The van der Waals surface area contributed by atoms with Crippen molar-refractivity contribution in [1.82, 2.24) is 0 Å². The van der Waals surface area contributed by atoms with Crippen molar-refractivity contribution in [3.63, 3.8) is 0 Å². The van der Waals surface area contributed by atoms with Crippen LogP contribution in [0.25, 0.3) is 0 Å². The first-order valence-electron chi connectivity index (χ1n) is 6.25. The summed E-state index contributed by atoms with van der Waals surface area (Å²) in [6.45, 7) is -2.41. The minimum absolute atomic E-state index is 0.300. The lowest BCUT2D eigenvalue weighted by Gasteiger charge is -2.32. The molecule has 0 radical (unpaired) electrons. The summed E-state index contributed by atoms with van der Waals surface area (Å²) in [5.74, 6) is -19.7. The highest BCUT2D eigenvalue weighted by molar-refractivity contribution is 7.87. The zero-order chi connectivity index (χ0) is 20.1. The largest absolute Gasteiger partial charge is 0.460 e. The average Bonchev–Trinajstić information content (AvgIpc) is 3.18. The van der Waals surface area contributed by atoms with E-state index in [4.69, 9.17) is 0 Å². The van der Waals surface area contributed by atoms with Crippen LogP contribution in [0.4, 0.5) is 48.3 Å². The third-order valence-electron chi connectivity index (χ3n) is 3.14. The van der Waals surface area contributed by atoms with Gasteiger partial charge in [0.15, 0.2) is 0 Å². The highest BCUT2D eigenvalue weighted by atomic mass is 32.2. The normalized spacial score (nSPS) is 18.5. The van der Waals surface area contributed by atoms with Crippen LogP contribution in [-0.4, -0.2) is 44.2 Å². The third-order valence-corrected chi connectivity index (χ3v) is 4.45. The molecule has 0 unspecified atom stereocenters. The van der Waals surface area contributed by atoms with Crippen molar-refractivity contribution in [2.24, 2.45) is 5.92 Å². The van der Waals surface area contributed by atoms with Gasteiger partial charge in [-0.25, -0.2) is 8.78 Å². The molecule has 0 spiro atoms. The quantitative estimate of drug-likeness (QED) is 0.439. The standard InChI is InChI=1S/C10H9F11O3S/c11-6(12,3-5-1-2-5)4-24-25(22,23)10(20,21)8(15,16)7(13,14)9(17,18)19/h5H,1-4H2. The van der Waals surface area contributed by atoms with E-state index in [1.165, 1.54) is 0 Å². The summed E-state index contributed by atoms with van der Waals surface area (Å²) in [7, 11) is -7.25. The smallest absolute Gasteiger partial charge is 0.259 e. The first-order valence-corrected chi connectivity index (χ1v) is 7.66. The number of hydrogen-bond acceptors (Lipinski definition) is 3. The van der Waals surface area contributed by atoms with E-state index in [1.807, 2.05) is 0 Å². The fourth-order valence-electron chi connectivity index (χ4n) is 1.56. The van der Waals surface area contributed by atoms with E-state index >= 15 is 0 Å². The molecule has 0 aromatic carbocycles. The van der Waals surface area contributed by atoms with Crippen molar-refractivity contribution in [1.29, 1.82) is 0 Å². The molecule has 1 fully saturated rings. The summed E-state index contributed by atoms with van der Waals surface area (Å²) in [5.41, 5.74) is 0. The molecule has 150 valence electrons. The lowest BCUT2D eigenvalue weighted by Crippen LogP contribution is -2.63. The van der Waals surface area contributed by atoms with Crippen molar-refractivity contribution < 1.29 is 60.9 Å². The number of alkyl halides is 11. The fraction of sp³-hybridized carbons (Fsp3) is 1.00. The SMILES string of the molecule is O=S(=O)(OCC(F)(F)CC1CC1)C(F)(F)C(F)(F)C(F)(F)C(F)(F)F. The maximum Gasteiger partial charge on any atom is 0.460 e. The van der Waals surface area contributed by atoms with E-state index in [0.717, 1.165) is 0 Å². The van der Waals surface area contributed by atoms with Crippen molar-refractivity contribution in [2.75, 3.05) is 6.61 Å². The van der Waals surface area contributed by atoms with Crippen molar-refractivity contribution in [3.05, 3.63) is 0 Å². The predicted molar refractivity (Wildman–Crippen MR) is 58.1 cm³/mol. The number of hydrogen-bond donors (Lipinski definition) is 0. The minimum Gasteiger partial charge on any atom is -0.259 e. The second-order valence-electron chi connectivity index (χ2n) is 5.38. The molecule has 25 heavy (non-hydrogen) atoms. The molecule has 3 nitrogen and oxygen atoms in total. The lowest BCUT2D eigenvalue weighted by atomic mass is 10.1. The van der Waals surface area contributed by atoms with Crippen LogP contribution >= 0.6 is 0 Å². The van der Waals surface area contributed by atoms with Crippen LogP contribution in [-0.2, 0) is 14.3 Å². The average molecular weight is 418 g/mol. The Bertz CT molecular complexity index is 592. The Morgan fingerprint density at radius 1 is 0.800 bits per heavy atom. The van der Waals surface area contributed by atoms with Gasteiger partial charge in [-0.3, -0.25) is 4.18 Å². The maximum absolute atomic E-state index is 13.2. The van der Waals surface area contributed by atoms with Crippen LogP contribution in [0.1, 0.15) is 19.3 Å². The molecule has 0 saturated heterocycles. The van der Waals surface area contributed by atoms with Crippen molar-refractivity contribution in [3.8, 4) is 0 Å². The molecule has 0 amide bonds. The first kappa shape index (κ1) is 22.2. The van der Waals surface area contributed by atoms with Gasteiger partial charge in [-0.15, -0.1) is 0 Å². The molecule has 1 aliphatic rings.